The molecule has 1 unspecified atom stereocenters. The van der Waals surface area contributed by atoms with Crippen LogP contribution < -0.4 is 14.8 Å². The molecular weight excluding hydrogens is 268 g/mol. The van der Waals surface area contributed by atoms with Crippen LogP contribution in [0.5, 0.6) is 11.5 Å². The fraction of sp³-hybridized carbons (Fsp3) is 0.438. The summed E-state index contributed by atoms with van der Waals surface area (Å²) < 4.78 is 16.6. The van der Waals surface area contributed by atoms with Crippen molar-refractivity contribution in [2.24, 2.45) is 0 Å². The van der Waals surface area contributed by atoms with Crippen molar-refractivity contribution in [1.82, 2.24) is 10.3 Å². The molecule has 1 heterocycles. The molecule has 5 nitrogen and oxygen atoms in total. The molecule has 0 saturated heterocycles. The standard InChI is InChI=1S/C16H22N2O3/c1-5-9-17-11(2)16-18-10-14(21-16)12-7-6-8-13(19-3)15(12)20-4/h6-8,10-11,17H,5,9H2,1-4H3. The maximum Gasteiger partial charge on any atom is 0.211 e. The summed E-state index contributed by atoms with van der Waals surface area (Å²) in [7, 11) is 3.23. The molecule has 1 atom stereocenters. The average Bonchev–Trinajstić information content (AvgIpc) is 3.01. The van der Waals surface area contributed by atoms with Gasteiger partial charge in [-0.3, -0.25) is 0 Å². The number of hydrogen-bond donors (Lipinski definition) is 1. The van der Waals surface area contributed by atoms with Gasteiger partial charge in [-0.2, -0.15) is 0 Å². The summed E-state index contributed by atoms with van der Waals surface area (Å²) in [5.74, 6) is 2.66. The molecule has 2 rings (SSSR count). The van der Waals surface area contributed by atoms with Crippen LogP contribution in [0.25, 0.3) is 11.3 Å². The molecule has 0 bridgehead atoms. The molecule has 1 aromatic carbocycles. The molecule has 2 aromatic rings. The van der Waals surface area contributed by atoms with Gasteiger partial charge in [-0.25, -0.2) is 4.98 Å². The van der Waals surface area contributed by atoms with E-state index in [4.69, 9.17) is 13.9 Å². The number of aromatic nitrogens is 1. The van der Waals surface area contributed by atoms with E-state index in [2.05, 4.69) is 17.2 Å². The van der Waals surface area contributed by atoms with Gasteiger partial charge in [0.25, 0.3) is 0 Å². The number of hydrogen-bond acceptors (Lipinski definition) is 5. The summed E-state index contributed by atoms with van der Waals surface area (Å²) in [5, 5.41) is 3.35. The Hall–Kier alpha value is -2.01. The highest BCUT2D eigenvalue weighted by atomic mass is 16.5. The molecule has 1 aromatic heterocycles. The monoisotopic (exact) mass is 290 g/mol. The molecule has 0 aliphatic rings. The second kappa shape index (κ2) is 7.13. The minimum atomic E-state index is 0.0790. The van der Waals surface area contributed by atoms with E-state index in [1.807, 2.05) is 25.1 Å². The fourth-order valence-corrected chi connectivity index (χ4v) is 2.14. The number of methoxy groups -OCH3 is 2. The summed E-state index contributed by atoms with van der Waals surface area (Å²) in [4.78, 5) is 4.35. The van der Waals surface area contributed by atoms with Crippen LogP contribution in [0, 0.1) is 0 Å². The molecule has 0 spiro atoms. The third-order valence-corrected chi connectivity index (χ3v) is 3.26. The quantitative estimate of drug-likeness (QED) is 0.846. The van der Waals surface area contributed by atoms with E-state index in [0.29, 0.717) is 23.1 Å². The molecule has 0 radical (unpaired) electrons. The van der Waals surface area contributed by atoms with Gasteiger partial charge >= 0.3 is 0 Å². The third kappa shape index (κ3) is 3.36. The van der Waals surface area contributed by atoms with Gasteiger partial charge in [0.15, 0.2) is 17.3 Å². The number of nitrogens with zero attached hydrogens (tertiary/aromatic N) is 1. The maximum absolute atomic E-state index is 5.86. The molecule has 0 saturated carbocycles. The zero-order valence-electron chi connectivity index (χ0n) is 13.0. The number of rotatable bonds is 7. The van der Waals surface area contributed by atoms with E-state index in [-0.39, 0.29) is 6.04 Å². The van der Waals surface area contributed by atoms with Crippen LogP contribution in [-0.4, -0.2) is 25.7 Å². The number of para-hydroxylation sites is 1. The smallest absolute Gasteiger partial charge is 0.211 e. The van der Waals surface area contributed by atoms with Gasteiger partial charge in [0.05, 0.1) is 32.0 Å². The van der Waals surface area contributed by atoms with Gasteiger partial charge in [-0.15, -0.1) is 0 Å². The fourth-order valence-electron chi connectivity index (χ4n) is 2.14. The lowest BCUT2D eigenvalue weighted by atomic mass is 10.1. The van der Waals surface area contributed by atoms with Gasteiger partial charge in [0, 0.05) is 0 Å². The minimum Gasteiger partial charge on any atom is -0.493 e. The number of ether oxygens (including phenoxy) is 2. The molecule has 0 amide bonds. The van der Waals surface area contributed by atoms with Crippen molar-refractivity contribution in [3.63, 3.8) is 0 Å². The van der Waals surface area contributed by atoms with E-state index in [0.717, 1.165) is 18.5 Å². The predicted octanol–water partition coefficient (Wildman–Crippen LogP) is 3.42. The van der Waals surface area contributed by atoms with Crippen molar-refractivity contribution in [2.75, 3.05) is 20.8 Å². The lowest BCUT2D eigenvalue weighted by Crippen LogP contribution is -2.19. The highest BCUT2D eigenvalue weighted by Gasteiger charge is 2.17. The van der Waals surface area contributed by atoms with Crippen molar-refractivity contribution < 1.29 is 13.9 Å². The third-order valence-electron chi connectivity index (χ3n) is 3.26. The Bertz CT molecular complexity index is 581. The van der Waals surface area contributed by atoms with Crippen molar-refractivity contribution in [3.05, 3.63) is 30.3 Å². The van der Waals surface area contributed by atoms with Gasteiger partial charge in [0.2, 0.25) is 5.89 Å². The highest BCUT2D eigenvalue weighted by Crippen LogP contribution is 2.38. The number of benzene rings is 1. The van der Waals surface area contributed by atoms with E-state index < -0.39 is 0 Å². The zero-order valence-corrected chi connectivity index (χ0v) is 13.0. The Morgan fingerprint density at radius 1 is 1.29 bits per heavy atom. The lowest BCUT2D eigenvalue weighted by Gasteiger charge is -2.11. The van der Waals surface area contributed by atoms with E-state index >= 15 is 0 Å². The number of nitrogens with one attached hydrogen (secondary N) is 1. The predicted molar refractivity (Wildman–Crippen MR) is 81.8 cm³/mol. The maximum atomic E-state index is 5.86. The van der Waals surface area contributed by atoms with Crippen LogP contribution >= 0.6 is 0 Å². The summed E-state index contributed by atoms with van der Waals surface area (Å²) in [6.07, 6.45) is 2.79. The first-order valence-corrected chi connectivity index (χ1v) is 7.11. The Labute approximate surface area is 125 Å². The normalized spacial score (nSPS) is 12.2. The average molecular weight is 290 g/mol. The van der Waals surface area contributed by atoms with Gasteiger partial charge in [-0.05, 0) is 32.0 Å². The molecule has 21 heavy (non-hydrogen) atoms. The van der Waals surface area contributed by atoms with Crippen LogP contribution in [0.15, 0.2) is 28.8 Å². The summed E-state index contributed by atoms with van der Waals surface area (Å²) >= 11 is 0. The van der Waals surface area contributed by atoms with Crippen LogP contribution in [0.2, 0.25) is 0 Å². The summed E-state index contributed by atoms with van der Waals surface area (Å²) in [5.41, 5.74) is 0.832. The first-order valence-electron chi connectivity index (χ1n) is 7.11. The highest BCUT2D eigenvalue weighted by molar-refractivity contribution is 5.69. The van der Waals surface area contributed by atoms with Crippen LogP contribution in [0.1, 0.15) is 32.2 Å². The Balaban J connectivity index is 2.29. The molecular formula is C16H22N2O3. The Morgan fingerprint density at radius 3 is 2.76 bits per heavy atom. The molecule has 0 aliphatic carbocycles. The van der Waals surface area contributed by atoms with Crippen LogP contribution in [0.4, 0.5) is 0 Å². The first kappa shape index (κ1) is 15.4. The van der Waals surface area contributed by atoms with Crippen LogP contribution in [-0.2, 0) is 0 Å². The Morgan fingerprint density at radius 2 is 2.10 bits per heavy atom. The molecule has 114 valence electrons. The molecule has 5 heteroatoms. The van der Waals surface area contributed by atoms with E-state index in [1.165, 1.54) is 0 Å². The molecule has 0 fully saturated rings. The Kier molecular flexibility index (Phi) is 5.22. The van der Waals surface area contributed by atoms with Gasteiger partial charge < -0.3 is 19.2 Å². The summed E-state index contributed by atoms with van der Waals surface area (Å²) in [6, 6.07) is 5.76. The van der Waals surface area contributed by atoms with E-state index in [1.54, 1.807) is 20.4 Å². The SMILES string of the molecule is CCCNC(C)c1ncc(-c2cccc(OC)c2OC)o1. The van der Waals surface area contributed by atoms with E-state index in [9.17, 15) is 0 Å². The minimum absolute atomic E-state index is 0.0790. The summed E-state index contributed by atoms with van der Waals surface area (Å²) in [6.45, 7) is 5.09. The van der Waals surface area contributed by atoms with Crippen molar-refractivity contribution in [1.29, 1.82) is 0 Å². The molecule has 1 N–H and O–H groups in total. The first-order chi connectivity index (χ1) is 10.2. The van der Waals surface area contributed by atoms with Gasteiger partial charge in [0.1, 0.15) is 0 Å². The largest absolute Gasteiger partial charge is 0.493 e. The molecule has 0 aliphatic heterocycles. The van der Waals surface area contributed by atoms with Crippen LogP contribution in [0.3, 0.4) is 0 Å². The van der Waals surface area contributed by atoms with Gasteiger partial charge in [-0.1, -0.05) is 13.0 Å². The van der Waals surface area contributed by atoms with Crippen molar-refractivity contribution >= 4 is 0 Å². The van der Waals surface area contributed by atoms with Crippen molar-refractivity contribution in [3.8, 4) is 22.8 Å². The van der Waals surface area contributed by atoms with Crippen molar-refractivity contribution in [2.45, 2.75) is 26.3 Å². The lowest BCUT2D eigenvalue weighted by molar-refractivity contribution is 0.354. The topological polar surface area (TPSA) is 56.5 Å². The number of oxazole rings is 1. The second-order valence-corrected chi connectivity index (χ2v) is 4.78. The second-order valence-electron chi connectivity index (χ2n) is 4.78. The zero-order chi connectivity index (χ0) is 15.2.